The molecule has 2 N–H and O–H groups in total. The number of benzene rings is 1. The molecule has 2 fully saturated rings. The number of hydrogen-bond acceptors (Lipinski definition) is 6. The van der Waals surface area contributed by atoms with E-state index in [2.05, 4.69) is 34.1 Å². The summed E-state index contributed by atoms with van der Waals surface area (Å²) in [6.45, 7) is 6.70. The van der Waals surface area contributed by atoms with Crippen molar-refractivity contribution in [3.8, 4) is 0 Å². The van der Waals surface area contributed by atoms with Gasteiger partial charge in [-0.2, -0.15) is 13.2 Å². The Morgan fingerprint density at radius 3 is 2.50 bits per heavy atom. The average molecular weight is 559 g/mol. The fourth-order valence-electron chi connectivity index (χ4n) is 5.67. The zero-order valence-electron chi connectivity index (χ0n) is 22.8. The maximum Gasteiger partial charge on any atom is 0.416 e. The second kappa shape index (κ2) is 10.4. The minimum Gasteiger partial charge on any atom is -0.475 e. The molecule has 3 aromatic rings. The number of carboxylic acids is 1. The molecule has 1 aromatic carbocycles. The molecule has 2 aromatic heterocycles. The number of halogens is 3. The van der Waals surface area contributed by atoms with Crippen LogP contribution in [0.5, 0.6) is 0 Å². The van der Waals surface area contributed by atoms with Crippen LogP contribution in [0.1, 0.15) is 85.2 Å². The Kier molecular flexibility index (Phi) is 7.22. The summed E-state index contributed by atoms with van der Waals surface area (Å²) in [7, 11) is 0. The summed E-state index contributed by atoms with van der Waals surface area (Å²) in [4.78, 5) is 40.2. The number of rotatable bonds is 7. The molecule has 0 bridgehead atoms. The van der Waals surface area contributed by atoms with Gasteiger partial charge in [0.05, 0.1) is 12.1 Å². The van der Waals surface area contributed by atoms with E-state index >= 15 is 0 Å². The predicted molar refractivity (Wildman–Crippen MR) is 142 cm³/mol. The lowest BCUT2D eigenvalue weighted by atomic mass is 9.80. The van der Waals surface area contributed by atoms with Crippen molar-refractivity contribution in [1.82, 2.24) is 24.4 Å². The molecule has 1 saturated heterocycles. The van der Waals surface area contributed by atoms with Crippen molar-refractivity contribution in [3.63, 3.8) is 0 Å². The van der Waals surface area contributed by atoms with Gasteiger partial charge in [-0.25, -0.2) is 19.7 Å². The molecule has 1 aliphatic carbocycles. The van der Waals surface area contributed by atoms with E-state index in [9.17, 15) is 27.9 Å². The van der Waals surface area contributed by atoms with Gasteiger partial charge >= 0.3 is 12.1 Å². The second-order valence-corrected chi connectivity index (χ2v) is 11.7. The van der Waals surface area contributed by atoms with Crippen LogP contribution in [0.4, 0.5) is 19.0 Å². The highest BCUT2D eigenvalue weighted by Crippen LogP contribution is 2.36. The third-order valence-electron chi connectivity index (χ3n) is 8.05. The number of carbonyl (C=O) groups excluding carboxylic acids is 1. The fraction of sp³-hybridized carbons (Fsp3) is 0.536. The van der Waals surface area contributed by atoms with E-state index in [1.165, 1.54) is 22.8 Å². The van der Waals surface area contributed by atoms with Crippen molar-refractivity contribution in [2.45, 2.75) is 71.6 Å². The van der Waals surface area contributed by atoms with Crippen LogP contribution in [0.2, 0.25) is 0 Å². The average Bonchev–Trinajstić information content (AvgIpc) is 3.19. The molecule has 3 heterocycles. The molecule has 0 spiro atoms. The molecule has 40 heavy (non-hydrogen) atoms. The number of amides is 1. The highest BCUT2D eigenvalue weighted by molar-refractivity contribution is 5.98. The summed E-state index contributed by atoms with van der Waals surface area (Å²) in [6.07, 6.45) is 0.202. The number of anilines is 1. The number of imidazole rings is 1. The zero-order chi connectivity index (χ0) is 28.8. The number of nitrogens with one attached hydrogen (secondary N) is 1. The van der Waals surface area contributed by atoms with Crippen LogP contribution in [0, 0.1) is 11.3 Å². The van der Waals surface area contributed by atoms with Crippen LogP contribution >= 0.6 is 0 Å². The Bertz CT molecular complexity index is 1450. The van der Waals surface area contributed by atoms with E-state index in [4.69, 9.17) is 0 Å². The summed E-state index contributed by atoms with van der Waals surface area (Å²) in [6, 6.07) is 5.11. The Hall–Kier alpha value is -3.70. The Morgan fingerprint density at radius 1 is 1.15 bits per heavy atom. The Morgan fingerprint density at radius 2 is 1.88 bits per heavy atom. The van der Waals surface area contributed by atoms with E-state index in [1.54, 1.807) is 4.90 Å². The van der Waals surface area contributed by atoms with Crippen LogP contribution in [0.15, 0.2) is 24.3 Å². The van der Waals surface area contributed by atoms with Crippen LogP contribution in [-0.4, -0.2) is 60.5 Å². The third-order valence-corrected chi connectivity index (χ3v) is 8.05. The monoisotopic (exact) mass is 558 g/mol. The number of likely N-dealkylation sites (tertiary alicyclic amines) is 1. The number of fused-ring (bicyclic) bond motifs is 1. The standard InChI is InChI=1S/C28H33F3N6O3/c1-16(17-9-6-10-17)32-21-20-22(34-23(33-21)26(39)40)35-24(25(38)36-13-7-12-27(2,3)15-36)37(20)14-18-8-4-5-11-19(18)28(29,30)31/h4-5,8,11,16-17H,6-7,9-10,12-15H2,1-3H3,(H,39,40)(H,32,33,34)/t16-/m1/s1. The lowest BCUT2D eigenvalue weighted by Crippen LogP contribution is -2.44. The topological polar surface area (TPSA) is 113 Å². The first-order valence-electron chi connectivity index (χ1n) is 13.6. The van der Waals surface area contributed by atoms with E-state index in [0.717, 1.165) is 38.2 Å². The van der Waals surface area contributed by atoms with Crippen molar-refractivity contribution in [2.75, 3.05) is 18.4 Å². The van der Waals surface area contributed by atoms with Crippen LogP contribution < -0.4 is 5.32 Å². The first-order valence-corrected chi connectivity index (χ1v) is 13.6. The number of aromatic nitrogens is 4. The predicted octanol–water partition coefficient (Wildman–Crippen LogP) is 5.45. The van der Waals surface area contributed by atoms with E-state index < -0.39 is 29.4 Å². The third kappa shape index (κ3) is 5.48. The van der Waals surface area contributed by atoms with Gasteiger partial charge in [-0.15, -0.1) is 0 Å². The maximum absolute atomic E-state index is 14.0. The largest absolute Gasteiger partial charge is 0.475 e. The number of nitrogens with zero attached hydrogens (tertiary/aromatic N) is 5. The van der Waals surface area contributed by atoms with Crippen LogP contribution in [-0.2, 0) is 12.7 Å². The number of aromatic carboxylic acids is 1. The minimum atomic E-state index is -4.61. The number of carboxylic acid groups (broad SMARTS) is 1. The van der Waals surface area contributed by atoms with Crippen molar-refractivity contribution >= 4 is 28.9 Å². The molecule has 1 saturated carbocycles. The minimum absolute atomic E-state index is 0.0531. The summed E-state index contributed by atoms with van der Waals surface area (Å²) in [5, 5.41) is 13.0. The molecule has 1 atom stereocenters. The Balaban J connectivity index is 1.69. The molecule has 2 aliphatic rings. The summed E-state index contributed by atoms with van der Waals surface area (Å²) < 4.78 is 43.3. The van der Waals surface area contributed by atoms with Crippen LogP contribution in [0.25, 0.3) is 11.2 Å². The molecule has 0 radical (unpaired) electrons. The van der Waals surface area contributed by atoms with Gasteiger partial charge in [0.15, 0.2) is 11.5 Å². The number of hydrogen-bond donors (Lipinski definition) is 2. The van der Waals surface area contributed by atoms with Crippen molar-refractivity contribution in [2.24, 2.45) is 11.3 Å². The molecule has 214 valence electrons. The normalized spacial score (nSPS) is 18.4. The van der Waals surface area contributed by atoms with Gasteiger partial charge in [0.1, 0.15) is 5.52 Å². The van der Waals surface area contributed by atoms with Gasteiger partial charge in [0.2, 0.25) is 11.6 Å². The van der Waals surface area contributed by atoms with Gasteiger partial charge in [-0.1, -0.05) is 38.5 Å². The first-order chi connectivity index (χ1) is 18.8. The molecular formula is C28H33F3N6O3. The first kappa shape index (κ1) is 27.9. The molecule has 1 amide bonds. The Labute approximate surface area is 229 Å². The second-order valence-electron chi connectivity index (χ2n) is 11.7. The van der Waals surface area contributed by atoms with Gasteiger partial charge < -0.3 is 19.9 Å². The summed E-state index contributed by atoms with van der Waals surface area (Å²) >= 11 is 0. The fourth-order valence-corrected chi connectivity index (χ4v) is 5.67. The van der Waals surface area contributed by atoms with Crippen molar-refractivity contribution in [3.05, 3.63) is 47.0 Å². The number of piperidine rings is 1. The number of carbonyl (C=O) groups is 2. The smallest absolute Gasteiger partial charge is 0.416 e. The van der Waals surface area contributed by atoms with Gasteiger partial charge in [0.25, 0.3) is 5.91 Å². The van der Waals surface area contributed by atoms with Gasteiger partial charge in [0, 0.05) is 19.1 Å². The highest BCUT2D eigenvalue weighted by atomic mass is 19.4. The molecule has 5 rings (SSSR count). The molecule has 1 aliphatic heterocycles. The highest BCUT2D eigenvalue weighted by Gasteiger charge is 2.36. The van der Waals surface area contributed by atoms with Gasteiger partial charge in [-0.05, 0) is 55.6 Å². The summed E-state index contributed by atoms with van der Waals surface area (Å²) in [5.74, 6) is -1.93. The van der Waals surface area contributed by atoms with E-state index in [1.807, 2.05) is 6.92 Å². The number of alkyl halides is 3. The molecular weight excluding hydrogens is 525 g/mol. The quantitative estimate of drug-likeness (QED) is 0.396. The molecule has 9 nitrogen and oxygen atoms in total. The van der Waals surface area contributed by atoms with E-state index in [0.29, 0.717) is 19.0 Å². The maximum atomic E-state index is 14.0. The lowest BCUT2D eigenvalue weighted by Gasteiger charge is -2.37. The lowest BCUT2D eigenvalue weighted by molar-refractivity contribution is -0.138. The van der Waals surface area contributed by atoms with Gasteiger partial charge in [-0.3, -0.25) is 4.79 Å². The van der Waals surface area contributed by atoms with E-state index in [-0.39, 0.29) is 46.4 Å². The molecule has 0 unspecified atom stereocenters. The van der Waals surface area contributed by atoms with Crippen molar-refractivity contribution < 1.29 is 27.9 Å². The SMILES string of the molecule is C[C@@H](Nc1nc(C(=O)O)nc2nc(C(=O)N3CCCC(C)(C)C3)n(Cc3ccccc3C(F)(F)F)c12)C1CCC1. The molecule has 12 heteroatoms. The summed E-state index contributed by atoms with van der Waals surface area (Å²) in [5.41, 5.74) is -0.862. The van der Waals surface area contributed by atoms with Crippen molar-refractivity contribution in [1.29, 1.82) is 0 Å². The van der Waals surface area contributed by atoms with Crippen LogP contribution in [0.3, 0.4) is 0 Å². The zero-order valence-corrected chi connectivity index (χ0v) is 22.8.